The van der Waals surface area contributed by atoms with Crippen molar-refractivity contribution in [1.29, 1.82) is 0 Å². The van der Waals surface area contributed by atoms with Crippen LogP contribution in [0.3, 0.4) is 0 Å². The molecule has 0 saturated carbocycles. The van der Waals surface area contributed by atoms with Crippen molar-refractivity contribution in [3.63, 3.8) is 0 Å². The third kappa shape index (κ3) is 6.46. The molecule has 7 heteroatoms. The largest absolute Gasteiger partial charge is 0.441 e. The third-order valence-electron chi connectivity index (χ3n) is 4.47. The Bertz CT molecular complexity index is 959. The molecular weight excluding hydrogens is 421 g/mol. The van der Waals surface area contributed by atoms with Gasteiger partial charge in [0.25, 0.3) is 0 Å². The van der Waals surface area contributed by atoms with E-state index in [0.717, 1.165) is 23.2 Å². The first-order valence-electron chi connectivity index (χ1n) is 9.49. The predicted octanol–water partition coefficient (Wildman–Crippen LogP) is 6.30. The van der Waals surface area contributed by atoms with Crippen molar-refractivity contribution in [1.82, 2.24) is 9.88 Å². The zero-order valence-corrected chi connectivity index (χ0v) is 18.3. The van der Waals surface area contributed by atoms with Gasteiger partial charge in [0, 0.05) is 41.1 Å². The van der Waals surface area contributed by atoms with Crippen LogP contribution in [0, 0.1) is 0 Å². The first-order chi connectivity index (χ1) is 14.4. The zero-order chi connectivity index (χ0) is 21.5. The van der Waals surface area contributed by atoms with Gasteiger partial charge in [-0.15, -0.1) is 0 Å². The van der Waals surface area contributed by atoms with E-state index >= 15 is 0 Å². The lowest BCUT2D eigenvalue weighted by Crippen LogP contribution is -2.22. The van der Waals surface area contributed by atoms with E-state index in [0.29, 0.717) is 22.2 Å². The van der Waals surface area contributed by atoms with Crippen LogP contribution >= 0.6 is 23.2 Å². The molecule has 2 aromatic carbocycles. The number of aromatic nitrogens is 1. The number of benzene rings is 2. The highest BCUT2D eigenvalue weighted by atomic mass is 35.5. The van der Waals surface area contributed by atoms with Crippen LogP contribution < -0.4 is 5.32 Å². The first-order valence-corrected chi connectivity index (χ1v) is 10.2. The van der Waals surface area contributed by atoms with Gasteiger partial charge in [-0.1, -0.05) is 53.5 Å². The van der Waals surface area contributed by atoms with E-state index in [1.807, 2.05) is 56.7 Å². The second-order valence-corrected chi connectivity index (χ2v) is 8.01. The number of hydrogen-bond acceptors (Lipinski definition) is 4. The fourth-order valence-electron chi connectivity index (χ4n) is 3.00. The summed E-state index contributed by atoms with van der Waals surface area (Å²) in [7, 11) is 3.97. The molecule has 0 spiro atoms. The van der Waals surface area contributed by atoms with E-state index in [1.165, 1.54) is 0 Å². The van der Waals surface area contributed by atoms with Crippen LogP contribution in [0.5, 0.6) is 0 Å². The van der Waals surface area contributed by atoms with Gasteiger partial charge in [-0.3, -0.25) is 10.3 Å². The highest BCUT2D eigenvalue weighted by molar-refractivity contribution is 6.35. The zero-order valence-electron chi connectivity index (χ0n) is 16.8. The normalized spacial score (nSPS) is 11.9. The van der Waals surface area contributed by atoms with E-state index in [2.05, 4.69) is 15.2 Å². The average molecular weight is 444 g/mol. The molecule has 156 valence electrons. The van der Waals surface area contributed by atoms with Gasteiger partial charge in [0.15, 0.2) is 0 Å². The van der Waals surface area contributed by atoms with Crippen LogP contribution in [-0.2, 0) is 4.74 Å². The van der Waals surface area contributed by atoms with Crippen LogP contribution in [0.25, 0.3) is 11.1 Å². The van der Waals surface area contributed by atoms with Gasteiger partial charge in [-0.25, -0.2) is 4.79 Å². The monoisotopic (exact) mass is 443 g/mol. The molecule has 1 N–H and O–H groups in total. The van der Waals surface area contributed by atoms with Crippen LogP contribution in [-0.4, -0.2) is 36.6 Å². The average Bonchev–Trinajstić information content (AvgIpc) is 2.71. The van der Waals surface area contributed by atoms with E-state index < -0.39 is 12.2 Å². The Hall–Kier alpha value is -2.60. The summed E-state index contributed by atoms with van der Waals surface area (Å²) in [5.74, 6) is 0. The van der Waals surface area contributed by atoms with Crippen molar-refractivity contribution in [3.8, 4) is 11.1 Å². The second-order valence-electron chi connectivity index (χ2n) is 7.13. The molecule has 1 heterocycles. The second kappa shape index (κ2) is 10.4. The lowest BCUT2D eigenvalue weighted by atomic mass is 10.0. The molecule has 1 amide bonds. The molecular formula is C23H23Cl2N3O2. The van der Waals surface area contributed by atoms with Crippen molar-refractivity contribution in [2.24, 2.45) is 0 Å². The fourth-order valence-corrected chi connectivity index (χ4v) is 3.52. The summed E-state index contributed by atoms with van der Waals surface area (Å²) in [4.78, 5) is 18.7. The SMILES string of the molecule is CN(C)CCC(OC(=O)Nc1cc(Cl)cc(Cl)c1)c1ccc(-c2cccnc2)cc1. The molecule has 3 rings (SSSR count). The number of anilines is 1. The molecule has 1 unspecified atom stereocenters. The number of halogens is 2. The maximum absolute atomic E-state index is 12.5. The Labute approximate surface area is 186 Å². The quantitative estimate of drug-likeness (QED) is 0.465. The minimum atomic E-state index is -0.562. The van der Waals surface area contributed by atoms with Crippen LogP contribution in [0.4, 0.5) is 10.5 Å². The summed E-state index contributed by atoms with van der Waals surface area (Å²) >= 11 is 12.0. The molecule has 0 aliphatic rings. The molecule has 1 atom stereocenters. The molecule has 0 fully saturated rings. The molecule has 0 aliphatic heterocycles. The number of ether oxygens (including phenoxy) is 1. The smallest absolute Gasteiger partial charge is 0.412 e. The minimum absolute atomic E-state index is 0.398. The van der Waals surface area contributed by atoms with E-state index in [4.69, 9.17) is 27.9 Å². The molecule has 1 aromatic heterocycles. The topological polar surface area (TPSA) is 54.5 Å². The fraction of sp³-hybridized carbons (Fsp3) is 0.217. The maximum atomic E-state index is 12.5. The van der Waals surface area contributed by atoms with Gasteiger partial charge in [0.1, 0.15) is 6.10 Å². The molecule has 0 bridgehead atoms. The number of rotatable bonds is 7. The van der Waals surface area contributed by atoms with E-state index in [1.54, 1.807) is 24.4 Å². The number of nitrogens with one attached hydrogen (secondary N) is 1. The van der Waals surface area contributed by atoms with E-state index in [-0.39, 0.29) is 0 Å². The number of hydrogen-bond donors (Lipinski definition) is 1. The molecule has 0 aliphatic carbocycles. The Balaban J connectivity index is 1.74. The van der Waals surface area contributed by atoms with Gasteiger partial charge >= 0.3 is 6.09 Å². The lowest BCUT2D eigenvalue weighted by molar-refractivity contribution is 0.100. The van der Waals surface area contributed by atoms with Gasteiger partial charge < -0.3 is 9.64 Å². The highest BCUT2D eigenvalue weighted by Crippen LogP contribution is 2.27. The van der Waals surface area contributed by atoms with Crippen molar-refractivity contribution in [3.05, 3.63) is 82.6 Å². The highest BCUT2D eigenvalue weighted by Gasteiger charge is 2.18. The maximum Gasteiger partial charge on any atom is 0.412 e. The Morgan fingerprint density at radius 3 is 2.37 bits per heavy atom. The summed E-state index contributed by atoms with van der Waals surface area (Å²) in [6.45, 7) is 0.769. The number of carbonyl (C=O) groups excluding carboxylic acids is 1. The van der Waals surface area contributed by atoms with Gasteiger partial charge in [0.05, 0.1) is 0 Å². The van der Waals surface area contributed by atoms with Crippen molar-refractivity contribution < 1.29 is 9.53 Å². The lowest BCUT2D eigenvalue weighted by Gasteiger charge is -2.21. The Morgan fingerprint density at radius 2 is 1.77 bits per heavy atom. The minimum Gasteiger partial charge on any atom is -0.441 e. The van der Waals surface area contributed by atoms with Crippen LogP contribution in [0.1, 0.15) is 18.1 Å². The first kappa shape index (κ1) is 22.1. The number of pyridine rings is 1. The predicted molar refractivity (Wildman–Crippen MR) is 122 cm³/mol. The van der Waals surface area contributed by atoms with Crippen LogP contribution in [0.2, 0.25) is 10.0 Å². The standard InChI is InChI=1S/C23H23Cl2N3O2/c1-28(2)11-9-22(30-23(29)27-21-13-19(24)12-20(25)14-21)17-7-5-16(6-8-17)18-4-3-10-26-15-18/h3-8,10,12-15,22H,9,11H2,1-2H3,(H,27,29). The Kier molecular flexibility index (Phi) is 7.69. The van der Waals surface area contributed by atoms with Crippen molar-refractivity contribution in [2.75, 3.05) is 26.0 Å². The number of carbonyl (C=O) groups is 1. The number of amides is 1. The summed E-state index contributed by atoms with van der Waals surface area (Å²) < 4.78 is 5.74. The third-order valence-corrected chi connectivity index (χ3v) is 4.91. The summed E-state index contributed by atoms with van der Waals surface area (Å²) in [6, 6.07) is 16.7. The molecule has 0 radical (unpaired) electrons. The van der Waals surface area contributed by atoms with E-state index in [9.17, 15) is 4.79 Å². The summed E-state index contributed by atoms with van der Waals surface area (Å²) in [5, 5.41) is 3.57. The summed E-state index contributed by atoms with van der Waals surface area (Å²) in [5.41, 5.74) is 3.49. The van der Waals surface area contributed by atoms with Gasteiger partial charge in [-0.05, 0) is 55.1 Å². The van der Waals surface area contributed by atoms with Crippen molar-refractivity contribution in [2.45, 2.75) is 12.5 Å². The van der Waals surface area contributed by atoms with Crippen molar-refractivity contribution >= 4 is 35.0 Å². The number of nitrogens with zero attached hydrogens (tertiary/aromatic N) is 2. The summed E-state index contributed by atoms with van der Waals surface area (Å²) in [6.07, 6.45) is 3.26. The molecule has 0 saturated heterocycles. The Morgan fingerprint density at radius 1 is 1.07 bits per heavy atom. The van der Waals surface area contributed by atoms with Gasteiger partial charge in [0.2, 0.25) is 0 Å². The van der Waals surface area contributed by atoms with Crippen LogP contribution in [0.15, 0.2) is 67.0 Å². The molecule has 30 heavy (non-hydrogen) atoms. The van der Waals surface area contributed by atoms with Gasteiger partial charge in [-0.2, -0.15) is 0 Å². The molecule has 5 nitrogen and oxygen atoms in total. The molecule has 3 aromatic rings.